The highest BCUT2D eigenvalue weighted by Gasteiger charge is 2.15. The summed E-state index contributed by atoms with van der Waals surface area (Å²) in [4.78, 5) is 16.8. The molecular weight excluding hydrogens is 344 g/mol. The Morgan fingerprint density at radius 2 is 1.88 bits per heavy atom. The first-order valence-electron chi connectivity index (χ1n) is 7.42. The van der Waals surface area contributed by atoms with Gasteiger partial charge in [-0.05, 0) is 12.5 Å². The average Bonchev–Trinajstić information content (AvgIpc) is 3.02. The van der Waals surface area contributed by atoms with Crippen molar-refractivity contribution in [3.8, 4) is 17.2 Å². The number of hydrogen-bond acceptors (Lipinski definition) is 8. The third-order valence-corrected chi connectivity index (χ3v) is 4.29. The number of ether oxygens (including phenoxy) is 3. The first kappa shape index (κ1) is 18.5. The zero-order valence-corrected chi connectivity index (χ0v) is 15.3. The minimum absolute atomic E-state index is 0.354. The lowest BCUT2D eigenvalue weighted by Crippen LogP contribution is -2.17. The quantitative estimate of drug-likeness (QED) is 0.575. The van der Waals surface area contributed by atoms with E-state index in [4.69, 9.17) is 19.9 Å². The second-order valence-corrected chi connectivity index (χ2v) is 5.86. The Hall–Kier alpha value is -2.81. The zero-order chi connectivity index (χ0) is 18.4. The number of nitrogens with two attached hydrogens (primary N) is 1. The first-order valence-corrected chi connectivity index (χ1v) is 8.24. The Kier molecular flexibility index (Phi) is 6.18. The van der Waals surface area contributed by atoms with Crippen molar-refractivity contribution in [2.24, 2.45) is 5.10 Å². The summed E-state index contributed by atoms with van der Waals surface area (Å²) in [5, 5.41) is 4.33. The van der Waals surface area contributed by atoms with E-state index in [1.165, 1.54) is 27.5 Å². The van der Waals surface area contributed by atoms with Gasteiger partial charge in [-0.2, -0.15) is 5.10 Å². The summed E-state index contributed by atoms with van der Waals surface area (Å²) >= 11 is 1.13. The molecule has 0 spiro atoms. The molecular formula is C16H20N4O4S. The van der Waals surface area contributed by atoms with Gasteiger partial charge < -0.3 is 19.9 Å². The molecule has 0 radical (unpaired) electrons. The molecule has 25 heavy (non-hydrogen) atoms. The van der Waals surface area contributed by atoms with E-state index in [0.717, 1.165) is 11.3 Å². The molecule has 1 aromatic heterocycles. The van der Waals surface area contributed by atoms with E-state index in [1.807, 2.05) is 6.92 Å². The standard InChI is InChI=1S/C16H20N4O4S/c1-5-10-14(25-16(17)19-10)15(21)20-18-8-9-6-12(23-3)13(24-4)7-11(9)22-2/h6-8H,5H2,1-4H3,(H2,17,19)(H,20,21)/b18-8-. The molecule has 0 aliphatic carbocycles. The summed E-state index contributed by atoms with van der Waals surface area (Å²) in [5.41, 5.74) is 9.40. The van der Waals surface area contributed by atoms with Gasteiger partial charge in [-0.15, -0.1) is 0 Å². The van der Waals surface area contributed by atoms with Crippen molar-refractivity contribution in [2.75, 3.05) is 27.1 Å². The van der Waals surface area contributed by atoms with E-state index in [2.05, 4.69) is 15.5 Å². The molecule has 0 atom stereocenters. The number of anilines is 1. The van der Waals surface area contributed by atoms with Crippen LogP contribution in [-0.2, 0) is 6.42 Å². The largest absolute Gasteiger partial charge is 0.496 e. The van der Waals surface area contributed by atoms with E-state index in [0.29, 0.717) is 44.9 Å². The maximum absolute atomic E-state index is 12.2. The van der Waals surface area contributed by atoms with Crippen LogP contribution < -0.4 is 25.4 Å². The van der Waals surface area contributed by atoms with Gasteiger partial charge in [0.1, 0.15) is 10.6 Å². The molecule has 9 heteroatoms. The van der Waals surface area contributed by atoms with E-state index in [-0.39, 0.29) is 5.91 Å². The molecule has 0 aliphatic rings. The highest BCUT2D eigenvalue weighted by molar-refractivity contribution is 7.17. The summed E-state index contributed by atoms with van der Waals surface area (Å²) in [6, 6.07) is 3.39. The Balaban J connectivity index is 2.20. The number of hydrogen-bond donors (Lipinski definition) is 2. The zero-order valence-electron chi connectivity index (χ0n) is 14.5. The maximum atomic E-state index is 12.2. The summed E-state index contributed by atoms with van der Waals surface area (Å²) in [5.74, 6) is 1.24. The van der Waals surface area contributed by atoms with Crippen LogP contribution in [-0.4, -0.2) is 38.4 Å². The number of aryl methyl sites for hydroxylation is 1. The summed E-state index contributed by atoms with van der Waals surface area (Å²) in [6.45, 7) is 1.91. The van der Waals surface area contributed by atoms with Gasteiger partial charge in [-0.3, -0.25) is 4.79 Å². The van der Waals surface area contributed by atoms with Crippen LogP contribution in [0.4, 0.5) is 5.13 Å². The molecule has 8 nitrogen and oxygen atoms in total. The molecule has 2 aromatic rings. The van der Waals surface area contributed by atoms with Crippen molar-refractivity contribution in [1.29, 1.82) is 0 Å². The molecule has 3 N–H and O–H groups in total. The molecule has 0 aliphatic heterocycles. The van der Waals surface area contributed by atoms with Gasteiger partial charge in [-0.25, -0.2) is 10.4 Å². The number of methoxy groups -OCH3 is 3. The lowest BCUT2D eigenvalue weighted by Gasteiger charge is -2.11. The van der Waals surface area contributed by atoms with Crippen LogP contribution in [0.15, 0.2) is 17.2 Å². The topological polar surface area (TPSA) is 108 Å². The van der Waals surface area contributed by atoms with Crippen molar-refractivity contribution < 1.29 is 19.0 Å². The predicted octanol–water partition coefficient (Wildman–Crippen LogP) is 2.08. The fourth-order valence-corrected chi connectivity index (χ4v) is 2.96. The lowest BCUT2D eigenvalue weighted by atomic mass is 10.2. The van der Waals surface area contributed by atoms with Crippen molar-refractivity contribution in [2.45, 2.75) is 13.3 Å². The highest BCUT2D eigenvalue weighted by atomic mass is 32.1. The van der Waals surface area contributed by atoms with Crippen LogP contribution >= 0.6 is 11.3 Å². The van der Waals surface area contributed by atoms with Crippen molar-refractivity contribution >= 4 is 28.6 Å². The molecule has 1 amide bonds. The molecule has 1 heterocycles. The number of rotatable bonds is 7. The molecule has 1 aromatic carbocycles. The summed E-state index contributed by atoms with van der Waals surface area (Å²) in [7, 11) is 4.61. The first-order chi connectivity index (χ1) is 12.0. The van der Waals surface area contributed by atoms with Gasteiger partial charge in [-0.1, -0.05) is 18.3 Å². The molecule has 0 bridgehead atoms. The number of nitrogen functional groups attached to an aromatic ring is 1. The smallest absolute Gasteiger partial charge is 0.283 e. The van der Waals surface area contributed by atoms with Crippen molar-refractivity contribution in [3.05, 3.63) is 28.3 Å². The number of amides is 1. The number of benzene rings is 1. The fourth-order valence-electron chi connectivity index (χ4n) is 2.15. The number of nitrogens with zero attached hydrogens (tertiary/aromatic N) is 2. The number of aromatic nitrogens is 1. The Morgan fingerprint density at radius 3 is 2.48 bits per heavy atom. The van der Waals surface area contributed by atoms with E-state index in [9.17, 15) is 4.79 Å². The van der Waals surface area contributed by atoms with E-state index in [1.54, 1.807) is 12.1 Å². The van der Waals surface area contributed by atoms with Gasteiger partial charge in [0.15, 0.2) is 16.6 Å². The maximum Gasteiger partial charge on any atom is 0.283 e. The van der Waals surface area contributed by atoms with E-state index >= 15 is 0 Å². The van der Waals surface area contributed by atoms with Crippen LogP contribution in [0.25, 0.3) is 0 Å². The fraction of sp³-hybridized carbons (Fsp3) is 0.312. The Labute approximate surface area is 149 Å². The normalized spacial score (nSPS) is 10.7. The van der Waals surface area contributed by atoms with Crippen molar-refractivity contribution in [3.63, 3.8) is 0 Å². The predicted molar refractivity (Wildman–Crippen MR) is 97.1 cm³/mol. The van der Waals surface area contributed by atoms with Crippen LogP contribution in [0.1, 0.15) is 27.9 Å². The van der Waals surface area contributed by atoms with Gasteiger partial charge >= 0.3 is 0 Å². The minimum Gasteiger partial charge on any atom is -0.496 e. The molecule has 0 saturated carbocycles. The molecule has 0 saturated heterocycles. The molecule has 0 unspecified atom stereocenters. The number of carbonyl (C=O) groups is 1. The third-order valence-electron chi connectivity index (χ3n) is 3.36. The molecule has 134 valence electrons. The van der Waals surface area contributed by atoms with Gasteiger partial charge in [0.25, 0.3) is 5.91 Å². The van der Waals surface area contributed by atoms with Gasteiger partial charge in [0.2, 0.25) is 0 Å². The minimum atomic E-state index is -0.359. The van der Waals surface area contributed by atoms with Gasteiger partial charge in [0, 0.05) is 11.6 Å². The van der Waals surface area contributed by atoms with Crippen LogP contribution in [0.3, 0.4) is 0 Å². The van der Waals surface area contributed by atoms with Crippen LogP contribution in [0.2, 0.25) is 0 Å². The average molecular weight is 364 g/mol. The second kappa shape index (κ2) is 8.34. The number of hydrazone groups is 1. The second-order valence-electron chi connectivity index (χ2n) is 4.83. The monoisotopic (exact) mass is 364 g/mol. The Bertz CT molecular complexity index is 789. The number of thiazole rings is 1. The summed E-state index contributed by atoms with van der Waals surface area (Å²) in [6.07, 6.45) is 2.08. The highest BCUT2D eigenvalue weighted by Crippen LogP contribution is 2.33. The van der Waals surface area contributed by atoms with Crippen molar-refractivity contribution in [1.82, 2.24) is 10.4 Å². The Morgan fingerprint density at radius 1 is 1.24 bits per heavy atom. The SMILES string of the molecule is CCc1nc(N)sc1C(=O)N/N=C\c1cc(OC)c(OC)cc1OC. The molecule has 0 fully saturated rings. The third kappa shape index (κ3) is 4.18. The van der Waals surface area contributed by atoms with E-state index < -0.39 is 0 Å². The van der Waals surface area contributed by atoms with Gasteiger partial charge in [0.05, 0.1) is 33.2 Å². The number of carbonyl (C=O) groups excluding carboxylic acids is 1. The molecule has 2 rings (SSSR count). The van der Waals surface area contributed by atoms with Crippen LogP contribution in [0, 0.1) is 0 Å². The number of nitrogens with one attached hydrogen (secondary N) is 1. The lowest BCUT2D eigenvalue weighted by molar-refractivity contribution is 0.0958. The van der Waals surface area contributed by atoms with Crippen LogP contribution in [0.5, 0.6) is 17.2 Å². The summed E-state index contributed by atoms with van der Waals surface area (Å²) < 4.78 is 15.8.